The van der Waals surface area contributed by atoms with Gasteiger partial charge in [0.2, 0.25) is 0 Å². The second kappa shape index (κ2) is 5.34. The average molecular weight is 209 g/mol. The van der Waals surface area contributed by atoms with Crippen LogP contribution >= 0.6 is 0 Å². The van der Waals surface area contributed by atoms with Crippen molar-refractivity contribution in [1.82, 2.24) is 4.98 Å². The summed E-state index contributed by atoms with van der Waals surface area (Å²) in [5.74, 6) is -0.0702. The summed E-state index contributed by atoms with van der Waals surface area (Å²) in [7, 11) is 0. The van der Waals surface area contributed by atoms with Crippen molar-refractivity contribution in [2.24, 2.45) is 0 Å². The maximum atomic E-state index is 11.1. The van der Waals surface area contributed by atoms with Crippen LogP contribution in [0.2, 0.25) is 0 Å². The van der Waals surface area contributed by atoms with Crippen molar-refractivity contribution in [1.29, 1.82) is 0 Å². The third-order valence-electron chi connectivity index (χ3n) is 2.04. The number of hydrogen-bond donors (Lipinski definition) is 1. The standard InChI is InChI=1S/C11H15NO3/c1-3-15-11(14)5-4-10-8(2)6-9(13)7-12-10/h6-7,13H,3-5H2,1-2H3. The van der Waals surface area contributed by atoms with Gasteiger partial charge in [-0.1, -0.05) is 0 Å². The first kappa shape index (κ1) is 11.5. The molecule has 0 spiro atoms. The van der Waals surface area contributed by atoms with E-state index >= 15 is 0 Å². The minimum Gasteiger partial charge on any atom is -0.506 e. The molecule has 4 heteroatoms. The largest absolute Gasteiger partial charge is 0.506 e. The molecule has 0 bridgehead atoms. The van der Waals surface area contributed by atoms with Gasteiger partial charge in [-0.15, -0.1) is 0 Å². The Hall–Kier alpha value is -1.58. The molecule has 1 aromatic rings. The van der Waals surface area contributed by atoms with Crippen molar-refractivity contribution < 1.29 is 14.6 Å². The summed E-state index contributed by atoms with van der Waals surface area (Å²) in [6.45, 7) is 4.04. The van der Waals surface area contributed by atoms with Crippen molar-refractivity contribution in [3.63, 3.8) is 0 Å². The van der Waals surface area contributed by atoms with Crippen molar-refractivity contribution in [2.45, 2.75) is 26.7 Å². The monoisotopic (exact) mass is 209 g/mol. The van der Waals surface area contributed by atoms with Gasteiger partial charge in [0.25, 0.3) is 0 Å². The number of aromatic hydroxyl groups is 1. The lowest BCUT2D eigenvalue weighted by Gasteiger charge is -2.04. The molecule has 0 aliphatic heterocycles. The Morgan fingerprint density at radius 2 is 2.33 bits per heavy atom. The van der Waals surface area contributed by atoms with E-state index in [1.807, 2.05) is 6.92 Å². The Morgan fingerprint density at radius 3 is 2.93 bits per heavy atom. The smallest absolute Gasteiger partial charge is 0.306 e. The molecule has 0 unspecified atom stereocenters. The Labute approximate surface area is 88.9 Å². The summed E-state index contributed by atoms with van der Waals surface area (Å²) in [5, 5.41) is 9.15. The molecule has 4 nitrogen and oxygen atoms in total. The van der Waals surface area contributed by atoms with Crippen LogP contribution in [0.25, 0.3) is 0 Å². The average Bonchev–Trinajstić information content (AvgIpc) is 2.17. The fourth-order valence-electron chi connectivity index (χ4n) is 1.30. The predicted molar refractivity (Wildman–Crippen MR) is 55.6 cm³/mol. The van der Waals surface area contributed by atoms with E-state index in [4.69, 9.17) is 9.84 Å². The summed E-state index contributed by atoms with van der Waals surface area (Å²) in [6.07, 6.45) is 2.25. The molecular weight excluding hydrogens is 194 g/mol. The maximum absolute atomic E-state index is 11.1. The topological polar surface area (TPSA) is 59.4 Å². The van der Waals surface area contributed by atoms with Gasteiger partial charge >= 0.3 is 5.97 Å². The van der Waals surface area contributed by atoms with Gasteiger partial charge in [-0.25, -0.2) is 0 Å². The molecule has 0 radical (unpaired) electrons. The normalized spacial score (nSPS) is 10.0. The molecule has 0 atom stereocenters. The van der Waals surface area contributed by atoms with Crippen LogP contribution in [0, 0.1) is 6.92 Å². The fraction of sp³-hybridized carbons (Fsp3) is 0.455. The molecule has 0 saturated carbocycles. The van der Waals surface area contributed by atoms with Crippen LogP contribution in [0.5, 0.6) is 5.75 Å². The van der Waals surface area contributed by atoms with E-state index in [9.17, 15) is 4.79 Å². The minimum absolute atomic E-state index is 0.146. The van der Waals surface area contributed by atoms with Crippen molar-refractivity contribution >= 4 is 5.97 Å². The first-order chi connectivity index (χ1) is 7.13. The Bertz CT molecular complexity index is 350. The van der Waals surface area contributed by atoms with E-state index in [0.717, 1.165) is 11.3 Å². The number of pyridine rings is 1. The molecule has 1 N–H and O–H groups in total. The van der Waals surface area contributed by atoms with E-state index in [0.29, 0.717) is 19.4 Å². The minimum atomic E-state index is -0.216. The molecule has 0 aromatic carbocycles. The van der Waals surface area contributed by atoms with E-state index in [1.165, 1.54) is 6.20 Å². The van der Waals surface area contributed by atoms with Gasteiger partial charge in [0.1, 0.15) is 5.75 Å². The zero-order chi connectivity index (χ0) is 11.3. The quantitative estimate of drug-likeness (QED) is 0.765. The van der Waals surface area contributed by atoms with Crippen LogP contribution in [0.15, 0.2) is 12.3 Å². The van der Waals surface area contributed by atoms with E-state index in [2.05, 4.69) is 4.98 Å². The lowest BCUT2D eigenvalue weighted by Crippen LogP contribution is -2.06. The van der Waals surface area contributed by atoms with Crippen molar-refractivity contribution in [3.8, 4) is 5.75 Å². The number of rotatable bonds is 4. The van der Waals surface area contributed by atoms with Gasteiger partial charge in [0, 0.05) is 12.1 Å². The predicted octanol–water partition coefficient (Wildman–Crippen LogP) is 1.59. The highest BCUT2D eigenvalue weighted by Gasteiger charge is 2.06. The van der Waals surface area contributed by atoms with E-state index in [1.54, 1.807) is 13.0 Å². The number of carbonyl (C=O) groups is 1. The lowest BCUT2D eigenvalue weighted by atomic mass is 10.1. The maximum Gasteiger partial charge on any atom is 0.306 e. The highest BCUT2D eigenvalue weighted by atomic mass is 16.5. The summed E-state index contributed by atoms with van der Waals surface area (Å²) < 4.78 is 4.81. The second-order valence-corrected chi connectivity index (χ2v) is 3.26. The van der Waals surface area contributed by atoms with Crippen LogP contribution in [-0.4, -0.2) is 22.7 Å². The first-order valence-corrected chi connectivity index (χ1v) is 4.93. The Kier molecular flexibility index (Phi) is 4.09. The van der Waals surface area contributed by atoms with Crippen molar-refractivity contribution in [2.75, 3.05) is 6.61 Å². The first-order valence-electron chi connectivity index (χ1n) is 4.93. The molecule has 15 heavy (non-hydrogen) atoms. The molecule has 1 aromatic heterocycles. The van der Waals surface area contributed by atoms with Gasteiger partial charge in [0.15, 0.2) is 0 Å². The molecule has 1 heterocycles. The lowest BCUT2D eigenvalue weighted by molar-refractivity contribution is -0.143. The van der Waals surface area contributed by atoms with Crippen LogP contribution in [0.3, 0.4) is 0 Å². The number of ether oxygens (including phenoxy) is 1. The van der Waals surface area contributed by atoms with Crippen LogP contribution in [0.1, 0.15) is 24.6 Å². The number of aromatic nitrogens is 1. The third-order valence-corrected chi connectivity index (χ3v) is 2.04. The number of hydrogen-bond acceptors (Lipinski definition) is 4. The number of carbonyl (C=O) groups excluding carboxylic acids is 1. The zero-order valence-electron chi connectivity index (χ0n) is 8.99. The highest BCUT2D eigenvalue weighted by Crippen LogP contribution is 2.13. The molecule has 0 aliphatic rings. The third kappa shape index (κ3) is 3.58. The summed E-state index contributed by atoms with van der Waals surface area (Å²) >= 11 is 0. The Balaban J connectivity index is 2.54. The molecule has 0 fully saturated rings. The molecule has 0 amide bonds. The number of aryl methyl sites for hydroxylation is 2. The zero-order valence-corrected chi connectivity index (χ0v) is 8.99. The van der Waals surface area contributed by atoms with Crippen molar-refractivity contribution in [3.05, 3.63) is 23.5 Å². The van der Waals surface area contributed by atoms with Crippen LogP contribution in [0.4, 0.5) is 0 Å². The van der Waals surface area contributed by atoms with E-state index < -0.39 is 0 Å². The van der Waals surface area contributed by atoms with Gasteiger partial charge in [0.05, 0.1) is 19.2 Å². The molecule has 82 valence electrons. The second-order valence-electron chi connectivity index (χ2n) is 3.26. The molecule has 0 saturated heterocycles. The van der Waals surface area contributed by atoms with Crippen LogP contribution < -0.4 is 0 Å². The molecule has 0 aliphatic carbocycles. The summed E-state index contributed by atoms with van der Waals surface area (Å²) in [4.78, 5) is 15.1. The summed E-state index contributed by atoms with van der Waals surface area (Å²) in [5.41, 5.74) is 1.71. The number of esters is 1. The van der Waals surface area contributed by atoms with Gasteiger partial charge in [-0.3, -0.25) is 9.78 Å². The summed E-state index contributed by atoms with van der Waals surface area (Å²) in [6, 6.07) is 1.63. The molecular formula is C11H15NO3. The highest BCUT2D eigenvalue weighted by molar-refractivity contribution is 5.69. The van der Waals surface area contributed by atoms with Gasteiger partial charge in [-0.2, -0.15) is 0 Å². The number of nitrogens with zero attached hydrogens (tertiary/aromatic N) is 1. The fourth-order valence-corrected chi connectivity index (χ4v) is 1.30. The molecule has 1 rings (SSSR count). The van der Waals surface area contributed by atoms with Gasteiger partial charge in [-0.05, 0) is 25.5 Å². The SMILES string of the molecule is CCOC(=O)CCc1ncc(O)cc1C. The van der Waals surface area contributed by atoms with Crippen LogP contribution in [-0.2, 0) is 16.0 Å². The van der Waals surface area contributed by atoms with Gasteiger partial charge < -0.3 is 9.84 Å². The Morgan fingerprint density at radius 1 is 1.60 bits per heavy atom. The van der Waals surface area contributed by atoms with E-state index in [-0.39, 0.29) is 11.7 Å².